The van der Waals surface area contributed by atoms with Gasteiger partial charge in [0.2, 0.25) is 0 Å². The zero-order chi connectivity index (χ0) is 13.8. The molecule has 5 heteroatoms. The van der Waals surface area contributed by atoms with Gasteiger partial charge in [-0.15, -0.1) is 11.3 Å². The standard InChI is InChI=1S/C14H22N4S/c1-5-15-7-6-13-11(3)17-18(12(13)4)8-14-16-10(2)9-19-14/h9,15H,5-8H2,1-4H3. The summed E-state index contributed by atoms with van der Waals surface area (Å²) in [4.78, 5) is 4.51. The highest BCUT2D eigenvalue weighted by molar-refractivity contribution is 7.09. The van der Waals surface area contributed by atoms with E-state index in [0.29, 0.717) is 0 Å². The molecule has 0 unspecified atom stereocenters. The van der Waals surface area contributed by atoms with Crippen LogP contribution in [0.25, 0.3) is 0 Å². The van der Waals surface area contributed by atoms with E-state index in [2.05, 4.69) is 46.2 Å². The number of hydrogen-bond acceptors (Lipinski definition) is 4. The lowest BCUT2D eigenvalue weighted by Gasteiger charge is -2.04. The largest absolute Gasteiger partial charge is 0.317 e. The molecule has 2 rings (SSSR count). The Labute approximate surface area is 118 Å². The van der Waals surface area contributed by atoms with E-state index >= 15 is 0 Å². The zero-order valence-electron chi connectivity index (χ0n) is 12.2. The summed E-state index contributed by atoms with van der Waals surface area (Å²) in [6.07, 6.45) is 1.04. The molecule has 0 aliphatic heterocycles. The Morgan fingerprint density at radius 1 is 1.32 bits per heavy atom. The van der Waals surface area contributed by atoms with Crippen LogP contribution in [-0.4, -0.2) is 27.9 Å². The molecule has 2 aromatic heterocycles. The Bertz CT molecular complexity index is 542. The van der Waals surface area contributed by atoms with Gasteiger partial charge in [-0.2, -0.15) is 5.10 Å². The van der Waals surface area contributed by atoms with Crippen molar-refractivity contribution in [1.82, 2.24) is 20.1 Å². The fourth-order valence-corrected chi connectivity index (χ4v) is 3.00. The predicted molar refractivity (Wildman–Crippen MR) is 79.9 cm³/mol. The number of aromatic nitrogens is 3. The fraction of sp³-hybridized carbons (Fsp3) is 0.571. The van der Waals surface area contributed by atoms with Crippen molar-refractivity contribution in [1.29, 1.82) is 0 Å². The van der Waals surface area contributed by atoms with E-state index < -0.39 is 0 Å². The molecule has 0 saturated carbocycles. The van der Waals surface area contributed by atoms with Gasteiger partial charge in [-0.1, -0.05) is 6.92 Å². The molecular formula is C14H22N4S. The van der Waals surface area contributed by atoms with E-state index in [0.717, 1.165) is 42.5 Å². The molecule has 0 atom stereocenters. The van der Waals surface area contributed by atoms with Gasteiger partial charge in [0.05, 0.1) is 12.2 Å². The number of nitrogens with one attached hydrogen (secondary N) is 1. The molecule has 2 aromatic rings. The van der Waals surface area contributed by atoms with Crippen LogP contribution in [0.2, 0.25) is 0 Å². The summed E-state index contributed by atoms with van der Waals surface area (Å²) in [5.41, 5.74) is 4.87. The van der Waals surface area contributed by atoms with E-state index in [-0.39, 0.29) is 0 Å². The molecule has 0 aromatic carbocycles. The molecule has 0 fully saturated rings. The molecule has 0 radical (unpaired) electrons. The van der Waals surface area contributed by atoms with Crippen molar-refractivity contribution in [3.63, 3.8) is 0 Å². The van der Waals surface area contributed by atoms with Gasteiger partial charge in [0, 0.05) is 16.8 Å². The van der Waals surface area contributed by atoms with Crippen LogP contribution in [0.4, 0.5) is 0 Å². The number of likely N-dealkylation sites (N-methyl/N-ethyl adjacent to an activating group) is 1. The summed E-state index contributed by atoms with van der Waals surface area (Å²) in [5.74, 6) is 0. The van der Waals surface area contributed by atoms with E-state index in [1.807, 2.05) is 6.92 Å². The molecule has 0 aliphatic rings. The second-order valence-electron chi connectivity index (χ2n) is 4.79. The van der Waals surface area contributed by atoms with Crippen LogP contribution in [-0.2, 0) is 13.0 Å². The lowest BCUT2D eigenvalue weighted by atomic mass is 10.1. The third kappa shape index (κ3) is 3.42. The van der Waals surface area contributed by atoms with Crippen LogP contribution < -0.4 is 5.32 Å². The number of nitrogens with zero attached hydrogens (tertiary/aromatic N) is 3. The van der Waals surface area contributed by atoms with Crippen LogP contribution in [0, 0.1) is 20.8 Å². The Balaban J connectivity index is 2.11. The summed E-state index contributed by atoms with van der Waals surface area (Å²) in [6, 6.07) is 0. The smallest absolute Gasteiger partial charge is 0.114 e. The average molecular weight is 278 g/mol. The van der Waals surface area contributed by atoms with Gasteiger partial charge in [-0.05, 0) is 45.8 Å². The Hall–Kier alpha value is -1.20. The molecule has 0 spiro atoms. The molecule has 0 saturated heterocycles. The molecule has 0 aliphatic carbocycles. The lowest BCUT2D eigenvalue weighted by Crippen LogP contribution is -2.16. The SMILES string of the molecule is CCNCCc1c(C)nn(Cc2nc(C)cs2)c1C. The van der Waals surface area contributed by atoms with E-state index in [1.54, 1.807) is 11.3 Å². The quantitative estimate of drug-likeness (QED) is 0.825. The first-order valence-electron chi connectivity index (χ1n) is 6.76. The van der Waals surface area contributed by atoms with Gasteiger partial charge in [0.25, 0.3) is 0 Å². The zero-order valence-corrected chi connectivity index (χ0v) is 13.0. The van der Waals surface area contributed by atoms with E-state index in [1.165, 1.54) is 11.3 Å². The van der Waals surface area contributed by atoms with Gasteiger partial charge in [0.1, 0.15) is 5.01 Å². The van der Waals surface area contributed by atoms with Crippen LogP contribution >= 0.6 is 11.3 Å². The lowest BCUT2D eigenvalue weighted by molar-refractivity contribution is 0.653. The van der Waals surface area contributed by atoms with Gasteiger partial charge in [-0.3, -0.25) is 4.68 Å². The normalized spacial score (nSPS) is 11.2. The topological polar surface area (TPSA) is 42.7 Å². The van der Waals surface area contributed by atoms with Crippen LogP contribution in [0.15, 0.2) is 5.38 Å². The third-order valence-corrected chi connectivity index (χ3v) is 4.24. The molecule has 1 N–H and O–H groups in total. The molecule has 2 heterocycles. The van der Waals surface area contributed by atoms with Gasteiger partial charge in [-0.25, -0.2) is 4.98 Å². The van der Waals surface area contributed by atoms with Crippen LogP contribution in [0.3, 0.4) is 0 Å². The Morgan fingerprint density at radius 2 is 2.11 bits per heavy atom. The summed E-state index contributed by atoms with van der Waals surface area (Å²) in [5, 5.41) is 11.2. The second kappa shape index (κ2) is 6.30. The molecule has 0 amide bonds. The number of aryl methyl sites for hydroxylation is 2. The summed E-state index contributed by atoms with van der Waals surface area (Å²) < 4.78 is 2.08. The van der Waals surface area contributed by atoms with Crippen molar-refractivity contribution in [3.8, 4) is 0 Å². The monoisotopic (exact) mass is 278 g/mol. The average Bonchev–Trinajstić information content (AvgIpc) is 2.88. The van der Waals surface area contributed by atoms with Crippen LogP contribution in [0.5, 0.6) is 0 Å². The number of thiazole rings is 1. The molecule has 104 valence electrons. The van der Waals surface area contributed by atoms with Crippen molar-refractivity contribution in [2.24, 2.45) is 0 Å². The van der Waals surface area contributed by atoms with Crippen molar-refractivity contribution in [2.75, 3.05) is 13.1 Å². The van der Waals surface area contributed by atoms with Gasteiger partial charge in [0.15, 0.2) is 0 Å². The minimum Gasteiger partial charge on any atom is -0.317 e. The molecular weight excluding hydrogens is 256 g/mol. The fourth-order valence-electron chi connectivity index (χ4n) is 2.24. The highest BCUT2D eigenvalue weighted by Gasteiger charge is 2.12. The first-order valence-corrected chi connectivity index (χ1v) is 7.64. The maximum Gasteiger partial charge on any atom is 0.114 e. The van der Waals surface area contributed by atoms with E-state index in [4.69, 9.17) is 0 Å². The van der Waals surface area contributed by atoms with E-state index in [9.17, 15) is 0 Å². The first-order chi connectivity index (χ1) is 9.11. The number of hydrogen-bond donors (Lipinski definition) is 1. The molecule has 4 nitrogen and oxygen atoms in total. The Morgan fingerprint density at radius 3 is 2.74 bits per heavy atom. The highest BCUT2D eigenvalue weighted by Crippen LogP contribution is 2.17. The van der Waals surface area contributed by atoms with Crippen molar-refractivity contribution < 1.29 is 0 Å². The summed E-state index contributed by atoms with van der Waals surface area (Å²) in [6.45, 7) is 11.2. The third-order valence-electron chi connectivity index (χ3n) is 3.28. The maximum absolute atomic E-state index is 4.65. The highest BCUT2D eigenvalue weighted by atomic mass is 32.1. The second-order valence-corrected chi connectivity index (χ2v) is 5.74. The minimum atomic E-state index is 0.784. The van der Waals surface area contributed by atoms with Crippen molar-refractivity contribution >= 4 is 11.3 Å². The predicted octanol–water partition coefficient (Wildman–Crippen LogP) is 2.47. The van der Waals surface area contributed by atoms with Gasteiger partial charge < -0.3 is 5.32 Å². The van der Waals surface area contributed by atoms with Crippen LogP contribution in [0.1, 0.15) is 34.6 Å². The summed E-state index contributed by atoms with van der Waals surface area (Å²) >= 11 is 1.71. The Kier molecular flexibility index (Phi) is 4.71. The maximum atomic E-state index is 4.65. The minimum absolute atomic E-state index is 0.784. The molecule has 19 heavy (non-hydrogen) atoms. The van der Waals surface area contributed by atoms with Crippen molar-refractivity contribution in [2.45, 2.75) is 40.7 Å². The first kappa shape index (κ1) is 14.2. The summed E-state index contributed by atoms with van der Waals surface area (Å²) in [7, 11) is 0. The molecule has 0 bridgehead atoms. The van der Waals surface area contributed by atoms with Crippen molar-refractivity contribution in [3.05, 3.63) is 33.0 Å². The number of rotatable bonds is 6. The van der Waals surface area contributed by atoms with Gasteiger partial charge >= 0.3 is 0 Å².